The Kier molecular flexibility index (Phi) is 5.03. The summed E-state index contributed by atoms with van der Waals surface area (Å²) in [6.07, 6.45) is 4.51. The molecule has 0 atom stereocenters. The third-order valence-electron chi connectivity index (χ3n) is 4.05. The molecule has 104 valence electrons. The Morgan fingerprint density at radius 3 is 2.63 bits per heavy atom. The van der Waals surface area contributed by atoms with Crippen LogP contribution in [0.25, 0.3) is 0 Å². The van der Waals surface area contributed by atoms with Gasteiger partial charge in [0.25, 0.3) is 0 Å². The molecule has 1 amide bonds. The monoisotopic (exact) mass is 323 g/mol. The van der Waals surface area contributed by atoms with Crippen molar-refractivity contribution in [3.63, 3.8) is 0 Å². The third-order valence-corrected chi connectivity index (χ3v) is 4.54. The first-order valence-electron chi connectivity index (χ1n) is 7.05. The summed E-state index contributed by atoms with van der Waals surface area (Å²) in [5.74, 6) is 1.35. The van der Waals surface area contributed by atoms with Gasteiger partial charge in [0.1, 0.15) is 0 Å². The number of rotatable bonds is 3. The normalized spacial score (nSPS) is 23.1. The van der Waals surface area contributed by atoms with Crippen molar-refractivity contribution in [3.05, 3.63) is 34.3 Å². The molecular formula is C16H22BrNO. The lowest BCUT2D eigenvalue weighted by Gasteiger charge is -2.29. The number of nitrogens with zero attached hydrogens (tertiary/aromatic N) is 1. The molecule has 1 aliphatic rings. The standard InChI is InChI=1S/C16H22BrNO/c1-12-6-8-14(9-7-12)16(19)18(2)11-13-4-3-5-15(17)10-13/h3-5,10,12,14H,6-9,11H2,1-2H3. The Morgan fingerprint density at radius 1 is 1.32 bits per heavy atom. The molecule has 1 aromatic rings. The number of carbonyl (C=O) groups excluding carboxylic acids is 1. The summed E-state index contributed by atoms with van der Waals surface area (Å²) in [6, 6.07) is 8.16. The second kappa shape index (κ2) is 6.56. The highest BCUT2D eigenvalue weighted by Crippen LogP contribution is 2.29. The van der Waals surface area contributed by atoms with Crippen molar-refractivity contribution in [2.24, 2.45) is 11.8 Å². The summed E-state index contributed by atoms with van der Waals surface area (Å²) >= 11 is 3.47. The number of amides is 1. The van der Waals surface area contributed by atoms with Gasteiger partial charge in [-0.05, 0) is 49.3 Å². The molecule has 0 saturated heterocycles. The zero-order chi connectivity index (χ0) is 13.8. The number of hydrogen-bond acceptors (Lipinski definition) is 1. The molecule has 2 nitrogen and oxygen atoms in total. The first kappa shape index (κ1) is 14.6. The van der Waals surface area contributed by atoms with Crippen molar-refractivity contribution < 1.29 is 4.79 Å². The maximum atomic E-state index is 12.4. The lowest BCUT2D eigenvalue weighted by molar-refractivity contribution is -0.136. The first-order chi connectivity index (χ1) is 9.06. The number of carbonyl (C=O) groups is 1. The molecule has 1 saturated carbocycles. The maximum absolute atomic E-state index is 12.4. The zero-order valence-corrected chi connectivity index (χ0v) is 13.3. The molecule has 2 rings (SSSR count). The SMILES string of the molecule is CC1CCC(C(=O)N(C)Cc2cccc(Br)c2)CC1. The summed E-state index contributed by atoms with van der Waals surface area (Å²) < 4.78 is 1.07. The van der Waals surface area contributed by atoms with Gasteiger partial charge < -0.3 is 4.90 Å². The fourth-order valence-corrected chi connectivity index (χ4v) is 3.25. The van der Waals surface area contributed by atoms with E-state index in [1.165, 1.54) is 18.4 Å². The fraction of sp³-hybridized carbons (Fsp3) is 0.562. The van der Waals surface area contributed by atoms with E-state index in [0.29, 0.717) is 12.5 Å². The smallest absolute Gasteiger partial charge is 0.225 e. The van der Waals surface area contributed by atoms with Gasteiger partial charge in [-0.15, -0.1) is 0 Å². The fourth-order valence-electron chi connectivity index (χ4n) is 2.81. The third kappa shape index (κ3) is 4.07. The van der Waals surface area contributed by atoms with Crippen LogP contribution in [0.5, 0.6) is 0 Å². The first-order valence-corrected chi connectivity index (χ1v) is 7.85. The van der Waals surface area contributed by atoms with Gasteiger partial charge in [0.05, 0.1) is 0 Å². The van der Waals surface area contributed by atoms with E-state index >= 15 is 0 Å². The number of hydrogen-bond donors (Lipinski definition) is 0. The van der Waals surface area contributed by atoms with Crippen LogP contribution in [-0.4, -0.2) is 17.9 Å². The highest BCUT2D eigenvalue weighted by molar-refractivity contribution is 9.10. The maximum Gasteiger partial charge on any atom is 0.225 e. The highest BCUT2D eigenvalue weighted by Gasteiger charge is 2.26. The van der Waals surface area contributed by atoms with Crippen LogP contribution in [0.4, 0.5) is 0 Å². The second-order valence-corrected chi connectivity index (χ2v) is 6.70. The van der Waals surface area contributed by atoms with Gasteiger partial charge >= 0.3 is 0 Å². The molecular weight excluding hydrogens is 302 g/mol. The lowest BCUT2D eigenvalue weighted by atomic mass is 9.82. The molecule has 1 aromatic carbocycles. The highest BCUT2D eigenvalue weighted by atomic mass is 79.9. The number of halogens is 1. The van der Waals surface area contributed by atoms with Crippen molar-refractivity contribution >= 4 is 21.8 Å². The molecule has 0 radical (unpaired) electrons. The van der Waals surface area contributed by atoms with Crippen LogP contribution in [-0.2, 0) is 11.3 Å². The molecule has 0 aromatic heterocycles. The summed E-state index contributed by atoms with van der Waals surface area (Å²) in [7, 11) is 1.92. The molecule has 0 bridgehead atoms. The van der Waals surface area contributed by atoms with Gasteiger partial charge in [0.2, 0.25) is 5.91 Å². The summed E-state index contributed by atoms with van der Waals surface area (Å²) in [4.78, 5) is 14.3. The van der Waals surface area contributed by atoms with Crippen molar-refractivity contribution in [1.29, 1.82) is 0 Å². The van der Waals surface area contributed by atoms with Crippen LogP contribution < -0.4 is 0 Å². The van der Waals surface area contributed by atoms with E-state index in [1.807, 2.05) is 24.1 Å². The molecule has 0 aliphatic heterocycles. The Morgan fingerprint density at radius 2 is 2.00 bits per heavy atom. The molecule has 0 spiro atoms. The predicted octanol–water partition coefficient (Wildman–Crippen LogP) is 4.23. The van der Waals surface area contributed by atoms with E-state index in [9.17, 15) is 4.79 Å². The van der Waals surface area contributed by atoms with Crippen LogP contribution >= 0.6 is 15.9 Å². The van der Waals surface area contributed by atoms with Gasteiger partial charge in [-0.3, -0.25) is 4.79 Å². The van der Waals surface area contributed by atoms with Gasteiger partial charge in [0.15, 0.2) is 0 Å². The summed E-state index contributed by atoms with van der Waals surface area (Å²) in [6.45, 7) is 2.98. The van der Waals surface area contributed by atoms with Crippen molar-refractivity contribution in [1.82, 2.24) is 4.90 Å². The Labute approximate surface area is 124 Å². The van der Waals surface area contributed by atoms with Crippen LogP contribution in [0.3, 0.4) is 0 Å². The molecule has 0 unspecified atom stereocenters. The van der Waals surface area contributed by atoms with Gasteiger partial charge in [-0.1, -0.05) is 35.0 Å². The Bertz CT molecular complexity index is 438. The minimum absolute atomic E-state index is 0.244. The topological polar surface area (TPSA) is 20.3 Å². The summed E-state index contributed by atoms with van der Waals surface area (Å²) in [5, 5.41) is 0. The average molecular weight is 324 g/mol. The van der Waals surface area contributed by atoms with Crippen molar-refractivity contribution in [2.45, 2.75) is 39.2 Å². The van der Waals surface area contributed by atoms with Gasteiger partial charge in [-0.25, -0.2) is 0 Å². The molecule has 1 aliphatic carbocycles. The van der Waals surface area contributed by atoms with Crippen molar-refractivity contribution in [2.75, 3.05) is 7.05 Å². The van der Waals surface area contributed by atoms with Crippen molar-refractivity contribution in [3.8, 4) is 0 Å². The molecule has 0 heterocycles. The lowest BCUT2D eigenvalue weighted by Crippen LogP contribution is -2.34. The van der Waals surface area contributed by atoms with E-state index in [4.69, 9.17) is 0 Å². The number of benzene rings is 1. The van der Waals surface area contributed by atoms with E-state index in [1.54, 1.807) is 0 Å². The van der Waals surface area contributed by atoms with E-state index in [-0.39, 0.29) is 5.92 Å². The van der Waals surface area contributed by atoms with Crippen LogP contribution in [0.15, 0.2) is 28.7 Å². The molecule has 0 N–H and O–H groups in total. The van der Waals surface area contributed by atoms with Gasteiger partial charge in [-0.2, -0.15) is 0 Å². The Hall–Kier alpha value is -0.830. The van der Waals surface area contributed by atoms with Gasteiger partial charge in [0, 0.05) is 24.0 Å². The molecule has 1 fully saturated rings. The zero-order valence-electron chi connectivity index (χ0n) is 11.7. The molecule has 3 heteroatoms. The average Bonchev–Trinajstić information content (AvgIpc) is 2.39. The van der Waals surface area contributed by atoms with E-state index < -0.39 is 0 Å². The second-order valence-electron chi connectivity index (χ2n) is 5.78. The predicted molar refractivity (Wildman–Crippen MR) is 81.7 cm³/mol. The minimum Gasteiger partial charge on any atom is -0.341 e. The Balaban J connectivity index is 1.92. The van der Waals surface area contributed by atoms with E-state index in [0.717, 1.165) is 23.2 Å². The van der Waals surface area contributed by atoms with Crippen LogP contribution in [0.2, 0.25) is 0 Å². The quantitative estimate of drug-likeness (QED) is 0.815. The van der Waals surface area contributed by atoms with Crippen LogP contribution in [0.1, 0.15) is 38.2 Å². The van der Waals surface area contributed by atoms with E-state index in [2.05, 4.69) is 35.0 Å². The minimum atomic E-state index is 0.244. The largest absolute Gasteiger partial charge is 0.341 e. The van der Waals surface area contributed by atoms with Crippen LogP contribution in [0, 0.1) is 11.8 Å². The molecule has 19 heavy (non-hydrogen) atoms. The summed E-state index contributed by atoms with van der Waals surface area (Å²) in [5.41, 5.74) is 1.18.